The van der Waals surface area contributed by atoms with E-state index in [0.29, 0.717) is 6.61 Å². The standard InChI is InChI=1S/C16H21NO2/c1-2-16(18)14-9-11-17(13-14)10-6-12-19-15-7-4-3-5-8-15/h3-5,7-9,11,13,16,18H,2,6,10,12H2,1H3. The van der Waals surface area contributed by atoms with Crippen molar-refractivity contribution in [1.29, 1.82) is 0 Å². The number of ether oxygens (including phenoxy) is 1. The van der Waals surface area contributed by atoms with Crippen LogP contribution in [0.4, 0.5) is 0 Å². The number of aliphatic hydroxyl groups is 1. The van der Waals surface area contributed by atoms with E-state index in [4.69, 9.17) is 4.74 Å². The monoisotopic (exact) mass is 259 g/mol. The Morgan fingerprint density at radius 2 is 2.00 bits per heavy atom. The molecule has 0 radical (unpaired) electrons. The Morgan fingerprint density at radius 3 is 2.74 bits per heavy atom. The maximum Gasteiger partial charge on any atom is 0.119 e. The quantitative estimate of drug-likeness (QED) is 0.773. The van der Waals surface area contributed by atoms with Crippen molar-refractivity contribution in [3.8, 4) is 5.75 Å². The predicted molar refractivity (Wildman–Crippen MR) is 76.2 cm³/mol. The Hall–Kier alpha value is -1.74. The normalized spacial score (nSPS) is 12.3. The highest BCUT2D eigenvalue weighted by atomic mass is 16.5. The molecule has 1 aromatic heterocycles. The summed E-state index contributed by atoms with van der Waals surface area (Å²) in [5, 5.41) is 9.72. The van der Waals surface area contributed by atoms with Crippen molar-refractivity contribution in [2.75, 3.05) is 6.61 Å². The van der Waals surface area contributed by atoms with E-state index in [1.165, 1.54) is 0 Å². The molecule has 0 bridgehead atoms. The van der Waals surface area contributed by atoms with Crippen molar-refractivity contribution < 1.29 is 9.84 Å². The van der Waals surface area contributed by atoms with Crippen molar-refractivity contribution in [2.24, 2.45) is 0 Å². The Kier molecular flexibility index (Phi) is 5.04. The third-order valence-electron chi connectivity index (χ3n) is 3.12. The van der Waals surface area contributed by atoms with Gasteiger partial charge in [-0.15, -0.1) is 0 Å². The topological polar surface area (TPSA) is 34.4 Å². The number of nitrogens with zero attached hydrogens (tertiary/aromatic N) is 1. The van der Waals surface area contributed by atoms with E-state index >= 15 is 0 Å². The molecule has 0 aliphatic rings. The summed E-state index contributed by atoms with van der Waals surface area (Å²) in [6.45, 7) is 3.59. The number of hydrogen-bond acceptors (Lipinski definition) is 2. The molecular formula is C16H21NO2. The maximum absolute atomic E-state index is 9.72. The number of para-hydroxylation sites is 1. The molecule has 0 aliphatic carbocycles. The van der Waals surface area contributed by atoms with E-state index in [-0.39, 0.29) is 6.10 Å². The minimum absolute atomic E-state index is 0.346. The van der Waals surface area contributed by atoms with Gasteiger partial charge in [-0.2, -0.15) is 0 Å². The van der Waals surface area contributed by atoms with Crippen LogP contribution in [0.25, 0.3) is 0 Å². The first kappa shape index (κ1) is 13.7. The van der Waals surface area contributed by atoms with Crippen LogP contribution >= 0.6 is 0 Å². The van der Waals surface area contributed by atoms with Crippen LogP contribution in [0.3, 0.4) is 0 Å². The number of rotatable bonds is 7. The number of hydrogen-bond donors (Lipinski definition) is 1. The molecule has 0 fully saturated rings. The molecule has 0 saturated heterocycles. The zero-order chi connectivity index (χ0) is 13.5. The first-order valence-corrected chi connectivity index (χ1v) is 6.81. The van der Waals surface area contributed by atoms with Crippen LogP contribution in [0.15, 0.2) is 48.8 Å². The summed E-state index contributed by atoms with van der Waals surface area (Å²) in [7, 11) is 0. The lowest BCUT2D eigenvalue weighted by atomic mass is 10.1. The van der Waals surface area contributed by atoms with E-state index < -0.39 is 0 Å². The van der Waals surface area contributed by atoms with Crippen molar-refractivity contribution >= 4 is 0 Å². The van der Waals surface area contributed by atoms with Crippen molar-refractivity contribution in [2.45, 2.75) is 32.4 Å². The Labute approximate surface area is 114 Å². The van der Waals surface area contributed by atoms with Gasteiger partial charge in [-0.25, -0.2) is 0 Å². The number of aryl methyl sites for hydroxylation is 1. The van der Waals surface area contributed by atoms with E-state index in [1.54, 1.807) is 0 Å². The molecule has 0 amide bonds. The average molecular weight is 259 g/mol. The molecule has 1 heterocycles. The second-order valence-electron chi connectivity index (χ2n) is 4.62. The third kappa shape index (κ3) is 4.14. The smallest absolute Gasteiger partial charge is 0.119 e. The van der Waals surface area contributed by atoms with E-state index in [2.05, 4.69) is 4.57 Å². The molecule has 19 heavy (non-hydrogen) atoms. The van der Waals surface area contributed by atoms with Crippen LogP contribution in [-0.2, 0) is 6.54 Å². The second kappa shape index (κ2) is 7.00. The molecule has 1 aromatic carbocycles. The van der Waals surface area contributed by atoms with Gasteiger partial charge in [0, 0.05) is 18.9 Å². The lowest BCUT2D eigenvalue weighted by Gasteiger charge is -2.07. The van der Waals surface area contributed by atoms with Gasteiger partial charge < -0.3 is 14.4 Å². The molecular weight excluding hydrogens is 238 g/mol. The van der Waals surface area contributed by atoms with Crippen LogP contribution < -0.4 is 4.74 Å². The summed E-state index contributed by atoms with van der Waals surface area (Å²) < 4.78 is 7.74. The maximum atomic E-state index is 9.72. The molecule has 1 atom stereocenters. The van der Waals surface area contributed by atoms with Gasteiger partial charge >= 0.3 is 0 Å². The van der Waals surface area contributed by atoms with Gasteiger partial charge in [-0.1, -0.05) is 25.1 Å². The number of aromatic nitrogens is 1. The third-order valence-corrected chi connectivity index (χ3v) is 3.12. The molecule has 2 rings (SSSR count). The molecule has 0 spiro atoms. The molecule has 0 saturated carbocycles. The van der Waals surface area contributed by atoms with Gasteiger partial charge in [0.25, 0.3) is 0 Å². The first-order chi connectivity index (χ1) is 9.29. The number of benzene rings is 1. The molecule has 102 valence electrons. The fraction of sp³-hybridized carbons (Fsp3) is 0.375. The summed E-state index contributed by atoms with van der Waals surface area (Å²) in [5.74, 6) is 0.914. The van der Waals surface area contributed by atoms with Crippen LogP contribution in [-0.4, -0.2) is 16.3 Å². The highest BCUT2D eigenvalue weighted by Gasteiger charge is 2.05. The van der Waals surface area contributed by atoms with E-state index in [1.807, 2.05) is 55.7 Å². The summed E-state index contributed by atoms with van der Waals surface area (Å²) >= 11 is 0. The fourth-order valence-electron chi connectivity index (χ4n) is 1.99. The molecule has 0 aliphatic heterocycles. The molecule has 1 N–H and O–H groups in total. The van der Waals surface area contributed by atoms with Crippen LogP contribution in [0, 0.1) is 0 Å². The summed E-state index contributed by atoms with van der Waals surface area (Å²) in [6, 6.07) is 11.8. The van der Waals surface area contributed by atoms with Crippen molar-refractivity contribution in [3.63, 3.8) is 0 Å². The van der Waals surface area contributed by atoms with Gasteiger partial charge in [-0.3, -0.25) is 0 Å². The van der Waals surface area contributed by atoms with Crippen molar-refractivity contribution in [1.82, 2.24) is 4.57 Å². The lowest BCUT2D eigenvalue weighted by Crippen LogP contribution is -2.03. The fourth-order valence-corrected chi connectivity index (χ4v) is 1.99. The van der Waals surface area contributed by atoms with Gasteiger partial charge in [0.1, 0.15) is 5.75 Å². The highest BCUT2D eigenvalue weighted by molar-refractivity contribution is 5.20. The molecule has 1 unspecified atom stereocenters. The zero-order valence-corrected chi connectivity index (χ0v) is 11.3. The van der Waals surface area contributed by atoms with Gasteiger partial charge in [0.2, 0.25) is 0 Å². The summed E-state index contributed by atoms with van der Waals surface area (Å²) in [4.78, 5) is 0. The van der Waals surface area contributed by atoms with Crippen LogP contribution in [0.5, 0.6) is 5.75 Å². The summed E-state index contributed by atoms with van der Waals surface area (Å²) in [6.07, 6.45) is 5.38. The Balaban J connectivity index is 1.72. The summed E-state index contributed by atoms with van der Waals surface area (Å²) in [5.41, 5.74) is 0.992. The minimum atomic E-state index is -0.346. The highest BCUT2D eigenvalue weighted by Crippen LogP contribution is 2.16. The largest absolute Gasteiger partial charge is 0.494 e. The van der Waals surface area contributed by atoms with Gasteiger partial charge in [0.15, 0.2) is 0 Å². The van der Waals surface area contributed by atoms with Gasteiger partial charge in [0.05, 0.1) is 12.7 Å². The Bertz CT molecular complexity index is 479. The zero-order valence-electron chi connectivity index (χ0n) is 11.3. The van der Waals surface area contributed by atoms with Crippen molar-refractivity contribution in [3.05, 3.63) is 54.4 Å². The van der Waals surface area contributed by atoms with Crippen LogP contribution in [0.2, 0.25) is 0 Å². The first-order valence-electron chi connectivity index (χ1n) is 6.81. The number of aliphatic hydroxyl groups excluding tert-OH is 1. The average Bonchev–Trinajstić information content (AvgIpc) is 2.93. The minimum Gasteiger partial charge on any atom is -0.494 e. The van der Waals surface area contributed by atoms with E-state index in [9.17, 15) is 5.11 Å². The SMILES string of the molecule is CCC(O)c1ccn(CCCOc2ccccc2)c1. The molecule has 3 nitrogen and oxygen atoms in total. The van der Waals surface area contributed by atoms with Crippen LogP contribution in [0.1, 0.15) is 31.4 Å². The molecule has 2 aromatic rings. The van der Waals surface area contributed by atoms with Gasteiger partial charge in [-0.05, 0) is 36.6 Å². The predicted octanol–water partition coefficient (Wildman–Crippen LogP) is 3.40. The second-order valence-corrected chi connectivity index (χ2v) is 4.62. The van der Waals surface area contributed by atoms with E-state index in [0.717, 1.165) is 30.7 Å². The lowest BCUT2D eigenvalue weighted by molar-refractivity contribution is 0.173. The Morgan fingerprint density at radius 1 is 1.21 bits per heavy atom. The molecule has 3 heteroatoms.